The van der Waals surface area contributed by atoms with Crippen LogP contribution in [0.15, 0.2) is 279 Å². The van der Waals surface area contributed by atoms with Crippen molar-refractivity contribution in [2.45, 2.75) is 6.92 Å². The molecule has 7 heteroatoms. The second kappa shape index (κ2) is 23.5. The van der Waals surface area contributed by atoms with Crippen LogP contribution < -0.4 is 25.9 Å². The maximum atomic E-state index is 9.23. The molecule has 0 aliphatic heterocycles. The van der Waals surface area contributed by atoms with Crippen molar-refractivity contribution in [2.24, 2.45) is 0 Å². The molecule has 0 amide bonds. The van der Waals surface area contributed by atoms with Crippen LogP contribution in [0.25, 0.3) is 11.1 Å². The summed E-state index contributed by atoms with van der Waals surface area (Å²) in [5, 5.41) is 25.2. The number of aryl methyl sites for hydroxylation is 1. The van der Waals surface area contributed by atoms with E-state index >= 15 is 0 Å². The molecule has 0 aliphatic carbocycles. The van der Waals surface area contributed by atoms with Gasteiger partial charge in [0.1, 0.15) is 0 Å². The Bertz CT molecular complexity index is 2910. The monoisotopic (exact) mass is 884 g/mol. The van der Waals surface area contributed by atoms with Gasteiger partial charge in [-0.05, 0) is 145 Å². The molecule has 0 saturated carbocycles. The summed E-state index contributed by atoms with van der Waals surface area (Å²) >= 11 is 0. The van der Waals surface area contributed by atoms with Gasteiger partial charge in [0.05, 0.1) is 0 Å². The highest BCUT2D eigenvalue weighted by atomic mass is 16.4. The van der Waals surface area contributed by atoms with Crippen LogP contribution in [-0.4, -0.2) is 17.2 Å². The van der Waals surface area contributed by atoms with Gasteiger partial charge in [-0.25, -0.2) is 0 Å². The second-order valence-electron chi connectivity index (χ2n) is 16.0. The molecule has 6 nitrogen and oxygen atoms in total. The third kappa shape index (κ3) is 12.8. The Morgan fingerprint density at radius 1 is 0.279 bits per heavy atom. The van der Waals surface area contributed by atoms with E-state index in [2.05, 4.69) is 173 Å². The third-order valence-corrected chi connectivity index (χ3v) is 11.0. The summed E-state index contributed by atoms with van der Waals surface area (Å²) in [6.45, 7) is 2.09. The van der Waals surface area contributed by atoms with Gasteiger partial charge in [0.25, 0.3) is 0 Å². The predicted molar refractivity (Wildman–Crippen MR) is 288 cm³/mol. The van der Waals surface area contributed by atoms with Crippen LogP contribution in [0.5, 0.6) is 0 Å². The molecule has 0 aromatic heterocycles. The minimum Gasteiger partial charge on any atom is -0.423 e. The summed E-state index contributed by atoms with van der Waals surface area (Å²) in [5.41, 5.74) is 15.0. The fraction of sp³-hybridized carbons (Fsp3) is 0.0164. The van der Waals surface area contributed by atoms with Gasteiger partial charge in [-0.3, -0.25) is 0 Å². The van der Waals surface area contributed by atoms with E-state index in [4.69, 9.17) is 0 Å². The fourth-order valence-corrected chi connectivity index (χ4v) is 7.56. The van der Waals surface area contributed by atoms with Crippen molar-refractivity contribution < 1.29 is 10.0 Å². The maximum Gasteiger partial charge on any atom is 0.488 e. The van der Waals surface area contributed by atoms with Crippen molar-refractivity contribution in [3.8, 4) is 11.1 Å². The summed E-state index contributed by atoms with van der Waals surface area (Å²) in [6, 6.07) is 94.4. The van der Waals surface area contributed by atoms with E-state index in [0.29, 0.717) is 5.46 Å². The molecule has 4 N–H and O–H groups in total. The topological polar surface area (TPSA) is 71.0 Å². The SMILES string of the molecule is Cc1ccc(Nc2ccccc2)cc1.OB(O)c1ccc(N(c2ccccc2)c2ccccc2)cc1.c1ccc(Nc2ccc(-c3ccc(N(c4ccccc4)c4ccccc4)cc3)cc2)cc1. The van der Waals surface area contributed by atoms with Gasteiger partial charge in [0.15, 0.2) is 0 Å². The lowest BCUT2D eigenvalue weighted by atomic mass is 9.80. The van der Waals surface area contributed by atoms with E-state index in [-0.39, 0.29) is 0 Å². The van der Waals surface area contributed by atoms with E-state index in [1.54, 1.807) is 12.1 Å². The quantitative estimate of drug-likeness (QED) is 0.0917. The lowest BCUT2D eigenvalue weighted by molar-refractivity contribution is 0.426. The first-order valence-corrected chi connectivity index (χ1v) is 22.6. The van der Waals surface area contributed by atoms with E-state index < -0.39 is 7.12 Å². The van der Waals surface area contributed by atoms with Crippen LogP contribution in [0.1, 0.15) is 5.56 Å². The summed E-state index contributed by atoms with van der Waals surface area (Å²) in [4.78, 5) is 4.39. The Morgan fingerprint density at radius 3 is 0.853 bits per heavy atom. The maximum absolute atomic E-state index is 9.23. The summed E-state index contributed by atoms with van der Waals surface area (Å²) in [6.07, 6.45) is 0. The minimum atomic E-state index is -1.45. The van der Waals surface area contributed by atoms with E-state index in [1.165, 1.54) is 16.7 Å². The first kappa shape index (κ1) is 45.9. The first-order chi connectivity index (χ1) is 33.5. The number of rotatable bonds is 12. The Hall–Kier alpha value is -8.62. The molecule has 0 radical (unpaired) electrons. The van der Waals surface area contributed by atoms with Crippen LogP contribution in [0, 0.1) is 6.92 Å². The highest BCUT2D eigenvalue weighted by Crippen LogP contribution is 2.36. The Morgan fingerprint density at radius 2 is 0.529 bits per heavy atom. The molecule has 0 atom stereocenters. The van der Waals surface area contributed by atoms with Gasteiger partial charge in [-0.15, -0.1) is 0 Å². The summed E-state index contributed by atoms with van der Waals surface area (Å²) in [5.74, 6) is 0. The molecule has 0 unspecified atom stereocenters. The lowest BCUT2D eigenvalue weighted by Gasteiger charge is -2.25. The largest absolute Gasteiger partial charge is 0.488 e. The van der Waals surface area contributed by atoms with Gasteiger partial charge >= 0.3 is 7.12 Å². The molecule has 0 saturated heterocycles. The lowest BCUT2D eigenvalue weighted by Crippen LogP contribution is -2.29. The molecule has 10 aromatic carbocycles. The van der Waals surface area contributed by atoms with Crippen molar-refractivity contribution >= 4 is 69.5 Å². The first-order valence-electron chi connectivity index (χ1n) is 22.6. The van der Waals surface area contributed by atoms with Gasteiger partial charge in [-0.1, -0.05) is 163 Å². The Kier molecular flexibility index (Phi) is 15.9. The molecule has 10 rings (SSSR count). The highest BCUT2D eigenvalue weighted by Gasteiger charge is 2.15. The zero-order chi connectivity index (χ0) is 46.8. The molecule has 0 fully saturated rings. The molecule has 0 spiro atoms. The molecule has 10 aromatic rings. The zero-order valence-electron chi connectivity index (χ0n) is 37.9. The number of para-hydroxylation sites is 6. The van der Waals surface area contributed by atoms with E-state index in [9.17, 15) is 10.0 Å². The van der Waals surface area contributed by atoms with Crippen LogP contribution in [0.4, 0.5) is 56.9 Å². The van der Waals surface area contributed by atoms with Gasteiger partial charge in [-0.2, -0.15) is 0 Å². The highest BCUT2D eigenvalue weighted by molar-refractivity contribution is 6.58. The van der Waals surface area contributed by atoms with Crippen molar-refractivity contribution in [3.63, 3.8) is 0 Å². The minimum absolute atomic E-state index is 0.477. The molecular formula is C61H53BN4O2. The van der Waals surface area contributed by atoms with Crippen LogP contribution in [0.3, 0.4) is 0 Å². The average molecular weight is 885 g/mol. The number of anilines is 10. The standard InChI is InChI=1S/C30H24N2.C18H16BNO2.C13H13N/c1-4-10-26(11-5-1)31-27-20-16-24(17-21-27)25-18-22-30(23-19-25)32(28-12-6-2-7-13-28)29-14-8-3-9-15-29;21-19(22)15-11-13-18(14-12-15)20(16-7-3-1-4-8-16)17-9-5-2-6-10-17;1-11-7-9-13(10-8-11)14-12-5-3-2-4-6-12/h1-23,31H;1-14,21-22H;2-10,14H,1H3. The number of hydrogen-bond donors (Lipinski definition) is 4. The molecule has 0 bridgehead atoms. The predicted octanol–water partition coefficient (Wildman–Crippen LogP) is 15.1. The van der Waals surface area contributed by atoms with E-state index in [1.807, 2.05) is 121 Å². The summed E-state index contributed by atoms with van der Waals surface area (Å²) < 4.78 is 0. The Labute approximate surface area is 400 Å². The number of benzene rings is 10. The van der Waals surface area contributed by atoms with Crippen molar-refractivity contribution in [1.29, 1.82) is 0 Å². The summed E-state index contributed by atoms with van der Waals surface area (Å²) in [7, 11) is -1.45. The molecular weight excluding hydrogens is 832 g/mol. The van der Waals surface area contributed by atoms with E-state index in [0.717, 1.165) is 56.9 Å². The molecule has 0 aliphatic rings. The normalized spacial score (nSPS) is 10.3. The molecule has 68 heavy (non-hydrogen) atoms. The number of hydrogen-bond acceptors (Lipinski definition) is 6. The molecule has 0 heterocycles. The van der Waals surface area contributed by atoms with Crippen LogP contribution in [-0.2, 0) is 0 Å². The van der Waals surface area contributed by atoms with Crippen molar-refractivity contribution in [2.75, 3.05) is 20.4 Å². The van der Waals surface area contributed by atoms with Crippen LogP contribution >= 0.6 is 0 Å². The average Bonchev–Trinajstić information content (AvgIpc) is 3.40. The second-order valence-corrected chi connectivity index (χ2v) is 16.0. The number of nitrogens with one attached hydrogen (secondary N) is 2. The Balaban J connectivity index is 0.000000150. The van der Waals surface area contributed by atoms with Gasteiger partial charge in [0.2, 0.25) is 0 Å². The van der Waals surface area contributed by atoms with Gasteiger partial charge in [0, 0.05) is 56.9 Å². The van der Waals surface area contributed by atoms with Gasteiger partial charge < -0.3 is 30.5 Å². The van der Waals surface area contributed by atoms with Crippen molar-refractivity contribution in [1.82, 2.24) is 0 Å². The zero-order valence-corrected chi connectivity index (χ0v) is 37.9. The van der Waals surface area contributed by atoms with Crippen LogP contribution in [0.2, 0.25) is 0 Å². The molecule has 332 valence electrons. The van der Waals surface area contributed by atoms with Crippen molar-refractivity contribution in [3.05, 3.63) is 285 Å². The third-order valence-electron chi connectivity index (χ3n) is 11.0. The number of nitrogens with zero attached hydrogens (tertiary/aromatic N) is 2. The smallest absolute Gasteiger partial charge is 0.423 e. The fourth-order valence-electron chi connectivity index (χ4n) is 7.56.